The maximum atomic E-state index is 13.4. The number of benzene rings is 3. The molecule has 0 bridgehead atoms. The van der Waals surface area contributed by atoms with Crippen molar-refractivity contribution in [1.29, 1.82) is 0 Å². The minimum Gasteiger partial charge on any atom is -0.457 e. The van der Waals surface area contributed by atoms with E-state index in [1.807, 2.05) is 0 Å². The molecule has 0 amide bonds. The Morgan fingerprint density at radius 3 is 2.27 bits per heavy atom. The van der Waals surface area contributed by atoms with Gasteiger partial charge in [-0.3, -0.25) is 9.36 Å². The SMILES string of the molecule is O=C(OCc1ccc(F)c(F)c1)c1cn(-c2ccc(F)cc2)c(=O)c2ccccc12. The summed E-state index contributed by atoms with van der Waals surface area (Å²) in [5, 5.41) is 0.667. The van der Waals surface area contributed by atoms with Crippen molar-refractivity contribution in [2.45, 2.75) is 6.61 Å². The van der Waals surface area contributed by atoms with Gasteiger partial charge in [0, 0.05) is 22.7 Å². The Morgan fingerprint density at radius 1 is 0.867 bits per heavy atom. The first-order valence-electron chi connectivity index (χ1n) is 8.95. The van der Waals surface area contributed by atoms with E-state index in [0.29, 0.717) is 11.1 Å². The zero-order chi connectivity index (χ0) is 21.3. The van der Waals surface area contributed by atoms with Gasteiger partial charge in [-0.1, -0.05) is 24.3 Å². The van der Waals surface area contributed by atoms with Crippen LogP contribution in [0.1, 0.15) is 15.9 Å². The van der Waals surface area contributed by atoms with Gasteiger partial charge in [0.25, 0.3) is 5.56 Å². The second-order valence-electron chi connectivity index (χ2n) is 6.56. The lowest BCUT2D eigenvalue weighted by molar-refractivity contribution is 0.0474. The fraction of sp³-hybridized carbons (Fsp3) is 0.0435. The lowest BCUT2D eigenvalue weighted by Crippen LogP contribution is -2.21. The molecule has 30 heavy (non-hydrogen) atoms. The van der Waals surface area contributed by atoms with E-state index >= 15 is 0 Å². The zero-order valence-electron chi connectivity index (χ0n) is 15.4. The third-order valence-electron chi connectivity index (χ3n) is 4.60. The van der Waals surface area contributed by atoms with E-state index in [2.05, 4.69) is 0 Å². The van der Waals surface area contributed by atoms with E-state index in [4.69, 9.17) is 4.74 Å². The third-order valence-corrected chi connectivity index (χ3v) is 4.60. The average molecular weight is 409 g/mol. The Kier molecular flexibility index (Phi) is 5.10. The van der Waals surface area contributed by atoms with E-state index in [1.54, 1.807) is 24.3 Å². The van der Waals surface area contributed by atoms with Gasteiger partial charge < -0.3 is 4.74 Å². The number of nitrogens with zero attached hydrogens (tertiary/aromatic N) is 1. The Balaban J connectivity index is 1.74. The van der Waals surface area contributed by atoms with Gasteiger partial charge in [0.1, 0.15) is 12.4 Å². The molecule has 0 aliphatic carbocycles. The molecule has 4 aromatic rings. The molecule has 0 fully saturated rings. The van der Waals surface area contributed by atoms with E-state index < -0.39 is 23.4 Å². The standard InChI is InChI=1S/C23H14F3NO3/c24-15-6-8-16(9-7-15)27-12-19(17-3-1-2-4-18(17)22(27)28)23(29)30-13-14-5-10-20(25)21(26)11-14/h1-12H,13H2. The molecule has 1 aromatic heterocycles. The fourth-order valence-electron chi connectivity index (χ4n) is 3.10. The first-order chi connectivity index (χ1) is 14.4. The summed E-state index contributed by atoms with van der Waals surface area (Å²) in [7, 11) is 0. The minimum atomic E-state index is -1.04. The van der Waals surface area contributed by atoms with Crippen LogP contribution in [0, 0.1) is 17.5 Å². The summed E-state index contributed by atoms with van der Waals surface area (Å²) in [6.45, 7) is -0.278. The van der Waals surface area contributed by atoms with Gasteiger partial charge in [-0.15, -0.1) is 0 Å². The molecule has 4 nitrogen and oxygen atoms in total. The predicted molar refractivity (Wildman–Crippen MR) is 105 cm³/mol. The molecule has 0 radical (unpaired) electrons. The van der Waals surface area contributed by atoms with Gasteiger partial charge >= 0.3 is 5.97 Å². The number of carbonyl (C=O) groups is 1. The quantitative estimate of drug-likeness (QED) is 0.457. The van der Waals surface area contributed by atoms with Crippen molar-refractivity contribution in [2.75, 3.05) is 0 Å². The highest BCUT2D eigenvalue weighted by atomic mass is 19.2. The third kappa shape index (κ3) is 3.69. The van der Waals surface area contributed by atoms with Crippen LogP contribution in [-0.2, 0) is 11.3 Å². The van der Waals surface area contributed by atoms with Gasteiger partial charge in [0.05, 0.1) is 5.56 Å². The first kappa shape index (κ1) is 19.4. The van der Waals surface area contributed by atoms with Crippen LogP contribution in [0.4, 0.5) is 13.2 Å². The number of rotatable bonds is 4. The van der Waals surface area contributed by atoms with Crippen LogP contribution in [0.2, 0.25) is 0 Å². The number of pyridine rings is 1. The Morgan fingerprint density at radius 2 is 1.57 bits per heavy atom. The zero-order valence-corrected chi connectivity index (χ0v) is 15.4. The second-order valence-corrected chi connectivity index (χ2v) is 6.56. The molecule has 0 aliphatic heterocycles. The minimum absolute atomic E-state index is 0.108. The van der Waals surface area contributed by atoms with E-state index in [9.17, 15) is 22.8 Å². The van der Waals surface area contributed by atoms with Gasteiger partial charge in [-0.05, 0) is 48.0 Å². The average Bonchev–Trinajstić information content (AvgIpc) is 2.75. The van der Waals surface area contributed by atoms with Crippen molar-refractivity contribution in [2.24, 2.45) is 0 Å². The van der Waals surface area contributed by atoms with Crippen molar-refractivity contribution < 1.29 is 22.7 Å². The van der Waals surface area contributed by atoms with Crippen LogP contribution < -0.4 is 5.56 Å². The van der Waals surface area contributed by atoms with E-state index in [0.717, 1.165) is 12.1 Å². The summed E-state index contributed by atoms with van der Waals surface area (Å²) in [6.07, 6.45) is 1.32. The molecule has 0 unspecified atom stereocenters. The molecule has 7 heteroatoms. The number of halogens is 3. The lowest BCUT2D eigenvalue weighted by Gasteiger charge is -2.12. The molecule has 3 aromatic carbocycles. The molecule has 150 valence electrons. The molecule has 0 spiro atoms. The van der Waals surface area contributed by atoms with Crippen molar-refractivity contribution in [3.63, 3.8) is 0 Å². The fourth-order valence-corrected chi connectivity index (χ4v) is 3.10. The largest absolute Gasteiger partial charge is 0.457 e. The van der Waals surface area contributed by atoms with Crippen LogP contribution in [0.25, 0.3) is 16.5 Å². The summed E-state index contributed by atoms with van der Waals surface area (Å²) < 4.78 is 46.2. The summed E-state index contributed by atoms with van der Waals surface area (Å²) in [4.78, 5) is 25.6. The monoisotopic (exact) mass is 409 g/mol. The van der Waals surface area contributed by atoms with E-state index in [-0.39, 0.29) is 28.7 Å². The summed E-state index contributed by atoms with van der Waals surface area (Å²) in [5.74, 6) is -3.24. The normalized spacial score (nSPS) is 10.9. The highest BCUT2D eigenvalue weighted by Crippen LogP contribution is 2.20. The second kappa shape index (κ2) is 7.87. The predicted octanol–water partition coefficient (Wildman–Crippen LogP) is 4.77. The summed E-state index contributed by atoms with van der Waals surface area (Å²) >= 11 is 0. The van der Waals surface area contributed by atoms with Gasteiger partial charge in [-0.2, -0.15) is 0 Å². The van der Waals surface area contributed by atoms with Crippen molar-refractivity contribution in [3.05, 3.63) is 112 Å². The number of fused-ring (bicyclic) bond motifs is 1. The Labute approximate surface area is 168 Å². The van der Waals surface area contributed by atoms with Gasteiger partial charge in [0.15, 0.2) is 11.6 Å². The number of esters is 1. The number of aromatic nitrogens is 1. The molecule has 0 atom stereocenters. The van der Waals surface area contributed by atoms with Crippen molar-refractivity contribution in [3.8, 4) is 5.69 Å². The molecule has 0 saturated heterocycles. The van der Waals surface area contributed by atoms with Crippen LogP contribution in [0.15, 0.2) is 77.7 Å². The summed E-state index contributed by atoms with van der Waals surface area (Å²) in [5.41, 5.74) is 0.381. The first-order valence-corrected chi connectivity index (χ1v) is 8.95. The highest BCUT2D eigenvalue weighted by molar-refractivity contribution is 6.04. The molecule has 0 saturated carbocycles. The van der Waals surface area contributed by atoms with Crippen LogP contribution >= 0.6 is 0 Å². The molecule has 1 heterocycles. The molecular formula is C23H14F3NO3. The van der Waals surface area contributed by atoms with Crippen molar-refractivity contribution in [1.82, 2.24) is 4.57 Å². The highest BCUT2D eigenvalue weighted by Gasteiger charge is 2.17. The van der Waals surface area contributed by atoms with Gasteiger partial charge in [0.2, 0.25) is 0 Å². The molecule has 0 N–H and O–H groups in total. The molecule has 0 aliphatic rings. The van der Waals surface area contributed by atoms with Crippen molar-refractivity contribution >= 4 is 16.7 Å². The van der Waals surface area contributed by atoms with Crippen LogP contribution in [-0.4, -0.2) is 10.5 Å². The smallest absolute Gasteiger partial charge is 0.340 e. The number of carbonyl (C=O) groups excluding carboxylic acids is 1. The maximum Gasteiger partial charge on any atom is 0.340 e. The number of hydrogen-bond acceptors (Lipinski definition) is 3. The lowest BCUT2D eigenvalue weighted by atomic mass is 10.1. The van der Waals surface area contributed by atoms with Crippen LogP contribution in [0.3, 0.4) is 0 Å². The maximum absolute atomic E-state index is 13.4. The van der Waals surface area contributed by atoms with E-state index in [1.165, 1.54) is 41.1 Å². The van der Waals surface area contributed by atoms with Gasteiger partial charge in [-0.25, -0.2) is 18.0 Å². The Bertz CT molecular complexity index is 1310. The molecule has 4 rings (SSSR count). The number of ether oxygens (including phenoxy) is 1. The topological polar surface area (TPSA) is 48.3 Å². The van der Waals surface area contributed by atoms with Crippen LogP contribution in [0.5, 0.6) is 0 Å². The number of hydrogen-bond donors (Lipinski definition) is 0. The molecular weight excluding hydrogens is 395 g/mol. The Hall–Kier alpha value is -3.87. The summed E-state index contributed by atoms with van der Waals surface area (Å²) in [6, 6.07) is 15.0.